The molecule has 0 radical (unpaired) electrons. The Hall–Kier alpha value is -8.11. The fraction of sp³-hybridized carbons (Fsp3) is 0.523. The lowest BCUT2D eigenvalue weighted by Gasteiger charge is -2.37. The molecule has 0 aromatic heterocycles. The van der Waals surface area contributed by atoms with E-state index in [1.807, 2.05) is 44.2 Å². The Morgan fingerprint density at radius 2 is 1.02 bits per heavy atom. The largest absolute Gasteiger partial charge is 0.396 e. The van der Waals surface area contributed by atoms with Crippen molar-refractivity contribution in [3.8, 4) is 23.7 Å². The van der Waals surface area contributed by atoms with Gasteiger partial charge in [0.05, 0.1) is 12.1 Å². The van der Waals surface area contributed by atoms with E-state index in [-0.39, 0.29) is 99.5 Å². The van der Waals surface area contributed by atoms with Crippen LogP contribution in [-0.4, -0.2) is 157 Å². The van der Waals surface area contributed by atoms with E-state index in [0.717, 1.165) is 5.56 Å². The molecular weight excluding hydrogens is 1090 g/mol. The number of aliphatic hydroxyl groups excluding tert-OH is 1. The first kappa shape index (κ1) is 65.4. The first-order chi connectivity index (χ1) is 41.7. The lowest BCUT2D eigenvalue weighted by Crippen LogP contribution is -2.62. The molecule has 4 saturated heterocycles. The molecule has 21 heteroatoms. The number of carbonyl (C=O) groups excluding carboxylic acids is 9. The summed E-state index contributed by atoms with van der Waals surface area (Å²) in [5, 5.41) is 36.9. The number of aliphatic hydroxyl groups is 1. The molecule has 4 aliphatic rings. The van der Waals surface area contributed by atoms with E-state index in [1.165, 1.54) is 0 Å². The summed E-state index contributed by atoms with van der Waals surface area (Å²) < 4.78 is 0. The van der Waals surface area contributed by atoms with Gasteiger partial charge in [-0.15, -0.1) is 0 Å². The van der Waals surface area contributed by atoms with Gasteiger partial charge in [0, 0.05) is 82.4 Å². The third-order valence-electron chi connectivity index (χ3n) is 17.2. The van der Waals surface area contributed by atoms with E-state index < -0.39 is 71.3 Å². The van der Waals surface area contributed by atoms with Gasteiger partial charge in [-0.25, -0.2) is 0 Å². The monoisotopic (exact) mass is 1180 g/mol. The van der Waals surface area contributed by atoms with Crippen molar-refractivity contribution < 1.29 is 48.3 Å². The number of rotatable bonds is 26. The maximum absolute atomic E-state index is 14.8. The average molecular weight is 1180 g/mol. The summed E-state index contributed by atoms with van der Waals surface area (Å²) in [5.74, 6) is 6.77. The van der Waals surface area contributed by atoms with E-state index >= 15 is 0 Å². The number of fused-ring (bicyclic) bond motifs is 2. The Kier molecular flexibility index (Phi) is 24.7. The van der Waals surface area contributed by atoms with Gasteiger partial charge in [0.2, 0.25) is 47.3 Å². The smallest absolute Gasteiger partial charge is 0.255 e. The van der Waals surface area contributed by atoms with Gasteiger partial charge < -0.3 is 62.8 Å². The molecule has 460 valence electrons. The number of hydrogen-bond acceptors (Lipinski definition) is 12. The number of nitrogens with zero attached hydrogens (tertiary/aromatic N) is 2. The number of nitrogens with one attached hydrogen (secondary N) is 9. The summed E-state index contributed by atoms with van der Waals surface area (Å²) in [6.45, 7) is 3.91. The minimum atomic E-state index is -1.78. The Bertz CT molecular complexity index is 2920. The number of hydrogen-bond donors (Lipinski definition) is 10. The van der Waals surface area contributed by atoms with Crippen LogP contribution in [0.4, 0.5) is 0 Å². The van der Waals surface area contributed by atoms with E-state index in [0.29, 0.717) is 81.9 Å². The highest BCUT2D eigenvalue weighted by atomic mass is 16.3. The van der Waals surface area contributed by atoms with Crippen LogP contribution in [0.15, 0.2) is 91.0 Å². The van der Waals surface area contributed by atoms with Gasteiger partial charge in [0.1, 0.15) is 24.2 Å². The molecule has 4 aliphatic heterocycles. The van der Waals surface area contributed by atoms with Crippen molar-refractivity contribution in [3.63, 3.8) is 0 Å². The van der Waals surface area contributed by atoms with Crippen LogP contribution in [0.1, 0.15) is 120 Å². The van der Waals surface area contributed by atoms with E-state index in [4.69, 9.17) is 0 Å². The minimum absolute atomic E-state index is 0.000531. The van der Waals surface area contributed by atoms with E-state index in [9.17, 15) is 48.3 Å². The zero-order valence-corrected chi connectivity index (χ0v) is 49.9. The van der Waals surface area contributed by atoms with Crippen LogP contribution in [0, 0.1) is 35.5 Å². The van der Waals surface area contributed by atoms with Crippen LogP contribution in [0.5, 0.6) is 0 Å². The molecule has 0 spiro atoms. The van der Waals surface area contributed by atoms with Gasteiger partial charge in [-0.2, -0.15) is 0 Å². The predicted molar refractivity (Wildman–Crippen MR) is 323 cm³/mol. The molecule has 3 aromatic carbocycles. The maximum atomic E-state index is 14.8. The third-order valence-corrected chi connectivity index (χ3v) is 17.2. The molecule has 86 heavy (non-hydrogen) atoms. The summed E-state index contributed by atoms with van der Waals surface area (Å²) in [7, 11) is 3.34. The van der Waals surface area contributed by atoms with Gasteiger partial charge in [-0.05, 0) is 107 Å². The molecule has 21 nitrogen and oxygen atoms in total. The fourth-order valence-corrected chi connectivity index (χ4v) is 12.4. The van der Waals surface area contributed by atoms with Crippen LogP contribution in [0.25, 0.3) is 0 Å². The molecular formula is C65H85N11O10. The number of carbonyl (C=O) groups is 9. The molecule has 9 amide bonds. The Morgan fingerprint density at radius 1 is 0.570 bits per heavy atom. The lowest BCUT2D eigenvalue weighted by molar-refractivity contribution is -0.145. The number of likely N-dealkylation sites (N-methyl/N-ethyl adjacent to an activating group) is 2. The molecule has 7 rings (SSSR count). The lowest BCUT2D eigenvalue weighted by atomic mass is 9.81. The summed E-state index contributed by atoms with van der Waals surface area (Å²) in [6.07, 6.45) is 5.65. The van der Waals surface area contributed by atoms with Gasteiger partial charge >= 0.3 is 0 Å². The molecule has 0 bridgehead atoms. The summed E-state index contributed by atoms with van der Waals surface area (Å²) in [5.41, 5.74) is 0.0793. The van der Waals surface area contributed by atoms with Crippen molar-refractivity contribution in [2.75, 3.05) is 40.3 Å². The van der Waals surface area contributed by atoms with E-state index in [2.05, 4.69) is 71.5 Å². The first-order valence-corrected chi connectivity index (χ1v) is 30.4. The molecule has 10 atom stereocenters. The van der Waals surface area contributed by atoms with Crippen LogP contribution >= 0.6 is 0 Å². The Labute approximate surface area is 504 Å². The second-order valence-electron chi connectivity index (χ2n) is 22.5. The van der Waals surface area contributed by atoms with Crippen molar-refractivity contribution in [1.29, 1.82) is 0 Å². The van der Waals surface area contributed by atoms with Gasteiger partial charge in [-0.1, -0.05) is 117 Å². The van der Waals surface area contributed by atoms with Crippen LogP contribution in [-0.2, 0) is 55.2 Å². The van der Waals surface area contributed by atoms with Crippen molar-refractivity contribution >= 4 is 53.2 Å². The maximum Gasteiger partial charge on any atom is 0.255 e. The van der Waals surface area contributed by atoms with Gasteiger partial charge in [-0.3, -0.25) is 43.2 Å². The number of benzene rings is 3. The third kappa shape index (κ3) is 16.4. The summed E-state index contributed by atoms with van der Waals surface area (Å²) in [6, 6.07) is 21.9. The van der Waals surface area contributed by atoms with Gasteiger partial charge in [0.15, 0.2) is 5.54 Å². The highest BCUT2D eigenvalue weighted by Gasteiger charge is 2.52. The highest BCUT2D eigenvalue weighted by Crippen LogP contribution is 2.37. The zero-order valence-electron chi connectivity index (χ0n) is 49.9. The minimum Gasteiger partial charge on any atom is -0.396 e. The molecule has 10 N–H and O–H groups in total. The summed E-state index contributed by atoms with van der Waals surface area (Å²) >= 11 is 0. The summed E-state index contributed by atoms with van der Waals surface area (Å²) in [4.78, 5) is 128. The molecule has 4 heterocycles. The molecule has 3 aromatic rings. The molecule has 0 saturated carbocycles. The average Bonchev–Trinajstić information content (AvgIpc) is 1.86. The first-order valence-electron chi connectivity index (χ1n) is 30.4. The van der Waals surface area contributed by atoms with Crippen molar-refractivity contribution in [1.82, 2.24) is 57.7 Å². The van der Waals surface area contributed by atoms with Crippen molar-refractivity contribution in [3.05, 3.63) is 108 Å². The Balaban J connectivity index is 0.893. The second-order valence-corrected chi connectivity index (χ2v) is 22.5. The fourth-order valence-electron chi connectivity index (χ4n) is 12.4. The molecule has 4 fully saturated rings. The van der Waals surface area contributed by atoms with Crippen molar-refractivity contribution in [2.24, 2.45) is 11.8 Å². The Morgan fingerprint density at radius 3 is 1.52 bits per heavy atom. The number of amides is 9. The van der Waals surface area contributed by atoms with E-state index in [1.54, 1.807) is 84.6 Å². The topological polar surface area (TPSA) is 289 Å². The van der Waals surface area contributed by atoms with Crippen LogP contribution < -0.4 is 47.9 Å². The van der Waals surface area contributed by atoms with Gasteiger partial charge in [0.25, 0.3) is 5.91 Å². The predicted octanol–water partition coefficient (Wildman–Crippen LogP) is 1.78. The molecule has 0 aliphatic carbocycles. The SMILES string of the molecule is CC[C@H](NC)C(=O)N[C@@H]1C(=O)N2[C@@H](CC[C@@H]1CNC(=O)CCC#CC#CCCC(=O)NCCNC(=O)C(NC(=O)[C@@H]1CC[C@@H]3CC[C@H](CO)[C@H](NC(=O)[C@H](CC)NC)C(=O)N31)(c1ccccc1)c1ccccc1)CC[C@H]2C(=O)NCc1ccccc1. The standard InChI is InChI=1S/C65H85N11O10/c1-5-50(66-3)58(80)72-56-44(30-32-48-34-36-52(75(48)62(56)84)60(82)71-40-43-22-14-11-15-23-43)41-70-55(79)29-21-10-8-7-9-20-28-54(78)68-38-39-69-64(86)65(46-24-16-12-17-25-46,47-26-18-13-19-27-47)74-61(83)53-37-35-49-33-31-45(42-77)57(63(85)76(49)53)73-59(81)51(6-2)67-4/h11-19,22-27,44-45,48-53,56-57,66-67,77H,5-6,20-21,28-42H2,1-4H3,(H,68,78)(H,69,86)(H,70,79)(H,71,82)(H,72,80)(H,73,81)(H,74,83)/t44-,45-,48+,49+,50+,51+,52+,53+,56+,57+/m1/s1. The van der Waals surface area contributed by atoms with Crippen LogP contribution in [0.3, 0.4) is 0 Å². The zero-order chi connectivity index (χ0) is 61.6. The normalized spacial score (nSPS) is 22.3. The van der Waals surface area contributed by atoms with Crippen molar-refractivity contribution in [2.45, 2.75) is 164 Å². The second kappa shape index (κ2) is 32.4. The highest BCUT2D eigenvalue weighted by molar-refractivity contribution is 5.99. The quantitative estimate of drug-likeness (QED) is 0.0407. The molecule has 0 unspecified atom stereocenters. The van der Waals surface area contributed by atoms with Crippen LogP contribution in [0.2, 0.25) is 0 Å².